The molecule has 0 aromatic carbocycles. The van der Waals surface area contributed by atoms with Crippen LogP contribution in [-0.4, -0.2) is 22.8 Å². The summed E-state index contributed by atoms with van der Waals surface area (Å²) in [5.41, 5.74) is 1.60. The smallest absolute Gasteiger partial charge is 0.249 e. The van der Waals surface area contributed by atoms with E-state index in [9.17, 15) is 4.79 Å². The Balaban J connectivity index is 2.59. The maximum Gasteiger partial charge on any atom is 0.249 e. The Bertz CT molecular complexity index is 426. The number of halogens is 1. The molecule has 1 rings (SSSR count). The van der Waals surface area contributed by atoms with Crippen LogP contribution in [0.2, 0.25) is 5.15 Å². The van der Waals surface area contributed by atoms with Crippen molar-refractivity contribution in [3.05, 3.63) is 41.2 Å². The van der Waals surface area contributed by atoms with Gasteiger partial charge in [-0.1, -0.05) is 38.1 Å². The normalized spacial score (nSPS) is 10.5. The van der Waals surface area contributed by atoms with Gasteiger partial charge >= 0.3 is 0 Å². The number of amides is 1. The zero-order valence-corrected chi connectivity index (χ0v) is 11.9. The molecule has 0 saturated heterocycles. The van der Waals surface area contributed by atoms with Gasteiger partial charge in [0.05, 0.1) is 0 Å². The summed E-state index contributed by atoms with van der Waals surface area (Å²) in [5.74, 6) is 0.422. The molecule has 1 amide bonds. The predicted octanol–water partition coefficient (Wildman–Crippen LogP) is 3.30. The number of aromatic nitrogens is 1. The lowest BCUT2D eigenvalue weighted by atomic mass is 10.0. The predicted molar refractivity (Wildman–Crippen MR) is 74.3 cm³/mol. The van der Waals surface area contributed by atoms with Crippen LogP contribution >= 0.6 is 11.6 Å². The summed E-state index contributed by atoms with van der Waals surface area (Å²) in [4.78, 5) is 17.7. The summed E-state index contributed by atoms with van der Waals surface area (Å²) < 4.78 is 0. The second-order valence-electron chi connectivity index (χ2n) is 4.85. The van der Waals surface area contributed by atoms with Crippen LogP contribution in [-0.2, 0) is 11.3 Å². The van der Waals surface area contributed by atoms with Crippen molar-refractivity contribution in [2.24, 2.45) is 5.92 Å². The summed E-state index contributed by atoms with van der Waals surface area (Å²) in [7, 11) is 1.77. The molecule has 0 spiro atoms. The summed E-state index contributed by atoms with van der Waals surface area (Å²) in [6.07, 6.45) is 2.40. The van der Waals surface area contributed by atoms with Crippen molar-refractivity contribution in [3.63, 3.8) is 0 Å². The minimum atomic E-state index is -0.0151. The zero-order chi connectivity index (χ0) is 13.7. The highest BCUT2D eigenvalue weighted by Gasteiger charge is 2.14. The van der Waals surface area contributed by atoms with Crippen LogP contribution in [0.15, 0.2) is 30.5 Å². The Kier molecular flexibility index (Phi) is 5.35. The number of hydrogen-bond donors (Lipinski definition) is 0. The Hall–Kier alpha value is -1.35. The zero-order valence-electron chi connectivity index (χ0n) is 11.1. The summed E-state index contributed by atoms with van der Waals surface area (Å²) in [6.45, 7) is 8.50. The van der Waals surface area contributed by atoms with E-state index in [0.29, 0.717) is 23.2 Å². The van der Waals surface area contributed by atoms with Gasteiger partial charge in [-0.25, -0.2) is 4.98 Å². The van der Waals surface area contributed by atoms with E-state index >= 15 is 0 Å². The van der Waals surface area contributed by atoms with E-state index in [0.717, 1.165) is 12.0 Å². The van der Waals surface area contributed by atoms with E-state index in [1.165, 1.54) is 0 Å². The van der Waals surface area contributed by atoms with Gasteiger partial charge in [0.1, 0.15) is 5.15 Å². The average Bonchev–Trinajstić information content (AvgIpc) is 2.30. The van der Waals surface area contributed by atoms with E-state index in [1.54, 1.807) is 24.2 Å². The van der Waals surface area contributed by atoms with Crippen molar-refractivity contribution in [1.29, 1.82) is 0 Å². The molecule has 0 aliphatic rings. The van der Waals surface area contributed by atoms with Crippen LogP contribution in [0.1, 0.15) is 25.8 Å². The molecule has 1 aromatic heterocycles. The van der Waals surface area contributed by atoms with Crippen LogP contribution in [0.5, 0.6) is 0 Å². The molecule has 0 aliphatic carbocycles. The van der Waals surface area contributed by atoms with Gasteiger partial charge in [0.15, 0.2) is 0 Å². The lowest BCUT2D eigenvalue weighted by molar-refractivity contribution is -0.126. The van der Waals surface area contributed by atoms with Crippen molar-refractivity contribution in [1.82, 2.24) is 9.88 Å². The second kappa shape index (κ2) is 6.55. The Labute approximate surface area is 113 Å². The number of rotatable bonds is 5. The maximum absolute atomic E-state index is 12.0. The monoisotopic (exact) mass is 266 g/mol. The van der Waals surface area contributed by atoms with Gasteiger partial charge in [-0.2, -0.15) is 0 Å². The van der Waals surface area contributed by atoms with Crippen molar-refractivity contribution in [2.45, 2.75) is 26.8 Å². The lowest BCUT2D eigenvalue weighted by Gasteiger charge is -2.19. The molecule has 0 saturated carbocycles. The van der Waals surface area contributed by atoms with E-state index in [-0.39, 0.29) is 5.91 Å². The highest BCUT2D eigenvalue weighted by Crippen LogP contribution is 2.13. The van der Waals surface area contributed by atoms with Gasteiger partial charge in [-0.05, 0) is 24.0 Å². The molecule has 0 aliphatic heterocycles. The van der Waals surface area contributed by atoms with Crippen LogP contribution in [0.4, 0.5) is 0 Å². The van der Waals surface area contributed by atoms with Gasteiger partial charge in [0, 0.05) is 25.4 Å². The third kappa shape index (κ3) is 4.49. The molecular weight excluding hydrogens is 248 g/mol. The first-order valence-corrected chi connectivity index (χ1v) is 6.31. The number of nitrogens with zero attached hydrogens (tertiary/aromatic N) is 2. The number of pyridine rings is 1. The number of carbonyl (C=O) groups is 1. The van der Waals surface area contributed by atoms with Crippen molar-refractivity contribution in [3.8, 4) is 0 Å². The van der Waals surface area contributed by atoms with Gasteiger partial charge in [-0.15, -0.1) is 0 Å². The molecule has 0 N–H and O–H groups in total. The van der Waals surface area contributed by atoms with Crippen LogP contribution in [0.3, 0.4) is 0 Å². The van der Waals surface area contributed by atoms with Crippen molar-refractivity contribution < 1.29 is 4.79 Å². The molecule has 3 nitrogen and oxygen atoms in total. The molecule has 4 heteroatoms. The van der Waals surface area contributed by atoms with E-state index < -0.39 is 0 Å². The molecule has 0 unspecified atom stereocenters. The topological polar surface area (TPSA) is 33.2 Å². The summed E-state index contributed by atoms with van der Waals surface area (Å²) in [6, 6.07) is 3.59. The molecule has 0 fully saturated rings. The highest BCUT2D eigenvalue weighted by molar-refractivity contribution is 6.29. The van der Waals surface area contributed by atoms with E-state index in [1.807, 2.05) is 6.07 Å². The quantitative estimate of drug-likeness (QED) is 0.605. The molecule has 18 heavy (non-hydrogen) atoms. The van der Waals surface area contributed by atoms with Crippen molar-refractivity contribution >= 4 is 17.5 Å². The first-order chi connectivity index (χ1) is 8.40. The van der Waals surface area contributed by atoms with Crippen LogP contribution in [0, 0.1) is 5.92 Å². The number of likely N-dealkylation sites (N-methyl/N-ethyl adjacent to an activating group) is 1. The number of hydrogen-bond acceptors (Lipinski definition) is 2. The van der Waals surface area contributed by atoms with Gasteiger partial charge in [0.25, 0.3) is 0 Å². The van der Waals surface area contributed by atoms with Crippen LogP contribution in [0.25, 0.3) is 0 Å². The van der Waals surface area contributed by atoms with Gasteiger partial charge in [-0.3, -0.25) is 4.79 Å². The van der Waals surface area contributed by atoms with Gasteiger partial charge in [0.2, 0.25) is 5.91 Å². The number of carbonyl (C=O) groups excluding carboxylic acids is 1. The van der Waals surface area contributed by atoms with E-state index in [2.05, 4.69) is 25.4 Å². The Morgan fingerprint density at radius 2 is 2.17 bits per heavy atom. The fraction of sp³-hybridized carbons (Fsp3) is 0.429. The minimum Gasteiger partial charge on any atom is -0.338 e. The fourth-order valence-corrected chi connectivity index (χ4v) is 1.81. The molecular formula is C14H19ClN2O. The first kappa shape index (κ1) is 14.7. The molecule has 1 heterocycles. The van der Waals surface area contributed by atoms with Crippen LogP contribution < -0.4 is 0 Å². The van der Waals surface area contributed by atoms with Gasteiger partial charge < -0.3 is 4.90 Å². The highest BCUT2D eigenvalue weighted by atomic mass is 35.5. The molecule has 1 aromatic rings. The standard InChI is InChI=1S/C14H19ClN2O/c1-10(2)7-11(3)14(18)17(4)9-12-5-6-13(15)16-8-12/h5-6,8,10H,3,7,9H2,1-2,4H3. The Morgan fingerprint density at radius 3 is 2.67 bits per heavy atom. The molecule has 0 atom stereocenters. The average molecular weight is 267 g/mol. The second-order valence-corrected chi connectivity index (χ2v) is 5.24. The fourth-order valence-electron chi connectivity index (χ4n) is 1.70. The molecule has 0 bridgehead atoms. The molecule has 98 valence electrons. The maximum atomic E-state index is 12.0. The van der Waals surface area contributed by atoms with E-state index in [4.69, 9.17) is 11.6 Å². The SMILES string of the molecule is C=C(CC(C)C)C(=O)N(C)Cc1ccc(Cl)nc1. The third-order valence-electron chi connectivity index (χ3n) is 2.51. The minimum absolute atomic E-state index is 0.0151. The van der Waals surface area contributed by atoms with Crippen molar-refractivity contribution in [2.75, 3.05) is 7.05 Å². The first-order valence-electron chi connectivity index (χ1n) is 5.93. The summed E-state index contributed by atoms with van der Waals surface area (Å²) in [5, 5.41) is 0.456. The summed E-state index contributed by atoms with van der Waals surface area (Å²) >= 11 is 5.71. The lowest BCUT2D eigenvalue weighted by Crippen LogP contribution is -2.27. The third-order valence-corrected chi connectivity index (χ3v) is 2.74. The largest absolute Gasteiger partial charge is 0.338 e. The molecule has 0 radical (unpaired) electrons. The Morgan fingerprint density at radius 1 is 1.50 bits per heavy atom.